The van der Waals surface area contributed by atoms with Gasteiger partial charge in [0.05, 0.1) is 5.56 Å². The van der Waals surface area contributed by atoms with Gasteiger partial charge in [-0.1, -0.05) is 23.8 Å². The van der Waals surface area contributed by atoms with E-state index in [1.807, 2.05) is 12.2 Å². The number of hydrogen-bond donors (Lipinski definition) is 3. The molecular weight excluding hydrogens is 280 g/mol. The minimum absolute atomic E-state index is 0.0126. The molecular formula is C14H15ClN2O3. The third kappa shape index (κ3) is 3.74. The van der Waals surface area contributed by atoms with Crippen LogP contribution in [0, 0.1) is 5.92 Å². The van der Waals surface area contributed by atoms with Gasteiger partial charge >= 0.3 is 0 Å². The number of allylic oxidation sites excluding steroid dienone is 2. The predicted octanol–water partition coefficient (Wildman–Crippen LogP) is 2.16. The molecule has 1 atom stereocenters. The first kappa shape index (κ1) is 14.4. The Labute approximate surface area is 121 Å². The van der Waals surface area contributed by atoms with Crippen molar-refractivity contribution in [1.29, 1.82) is 0 Å². The Morgan fingerprint density at radius 1 is 1.35 bits per heavy atom. The highest BCUT2D eigenvalue weighted by molar-refractivity contribution is 6.31. The molecule has 0 saturated heterocycles. The summed E-state index contributed by atoms with van der Waals surface area (Å²) >= 11 is 5.75. The van der Waals surface area contributed by atoms with Crippen LogP contribution < -0.4 is 10.9 Å². The zero-order valence-corrected chi connectivity index (χ0v) is 11.5. The Hall–Kier alpha value is -2.01. The van der Waals surface area contributed by atoms with Crippen molar-refractivity contribution in [3.8, 4) is 5.75 Å². The average molecular weight is 295 g/mol. The van der Waals surface area contributed by atoms with Crippen molar-refractivity contribution < 1.29 is 14.7 Å². The molecule has 2 rings (SSSR count). The van der Waals surface area contributed by atoms with Crippen molar-refractivity contribution in [3.05, 3.63) is 40.9 Å². The number of phenols is 1. The SMILES string of the molecule is O=C(CC1C=CCC1)NNC(=O)c1cc(Cl)ccc1O. The van der Waals surface area contributed by atoms with Crippen molar-refractivity contribution in [2.24, 2.45) is 5.92 Å². The van der Waals surface area contributed by atoms with E-state index in [-0.39, 0.29) is 23.1 Å². The first-order chi connectivity index (χ1) is 9.56. The molecule has 0 aromatic heterocycles. The molecule has 1 unspecified atom stereocenters. The van der Waals surface area contributed by atoms with Crippen LogP contribution in [0.15, 0.2) is 30.4 Å². The second kappa shape index (κ2) is 6.43. The van der Waals surface area contributed by atoms with E-state index in [0.29, 0.717) is 11.4 Å². The van der Waals surface area contributed by atoms with E-state index in [1.54, 1.807) is 0 Å². The maximum atomic E-state index is 11.8. The lowest BCUT2D eigenvalue weighted by Gasteiger charge is -2.10. The van der Waals surface area contributed by atoms with Crippen molar-refractivity contribution in [3.63, 3.8) is 0 Å². The minimum atomic E-state index is -0.611. The Balaban J connectivity index is 1.86. The first-order valence-electron chi connectivity index (χ1n) is 6.30. The van der Waals surface area contributed by atoms with E-state index in [9.17, 15) is 14.7 Å². The second-order valence-electron chi connectivity index (χ2n) is 4.63. The number of benzene rings is 1. The van der Waals surface area contributed by atoms with E-state index in [0.717, 1.165) is 12.8 Å². The number of carbonyl (C=O) groups is 2. The topological polar surface area (TPSA) is 78.4 Å². The van der Waals surface area contributed by atoms with Gasteiger partial charge in [0.2, 0.25) is 5.91 Å². The summed E-state index contributed by atoms with van der Waals surface area (Å²) < 4.78 is 0. The molecule has 0 fully saturated rings. The molecule has 0 saturated carbocycles. The molecule has 2 amide bonds. The molecule has 0 bridgehead atoms. The summed E-state index contributed by atoms with van der Waals surface area (Å²) in [6.45, 7) is 0. The van der Waals surface area contributed by atoms with Crippen molar-refractivity contribution >= 4 is 23.4 Å². The Kier molecular flexibility index (Phi) is 4.63. The van der Waals surface area contributed by atoms with Crippen LogP contribution in [0.3, 0.4) is 0 Å². The van der Waals surface area contributed by atoms with Gasteiger partial charge < -0.3 is 5.11 Å². The summed E-state index contributed by atoms with van der Waals surface area (Å²) in [4.78, 5) is 23.4. The third-order valence-corrected chi connectivity index (χ3v) is 3.31. The van der Waals surface area contributed by atoms with Gasteiger partial charge in [-0.15, -0.1) is 0 Å². The Morgan fingerprint density at radius 3 is 2.85 bits per heavy atom. The van der Waals surface area contributed by atoms with E-state index < -0.39 is 5.91 Å². The lowest BCUT2D eigenvalue weighted by Crippen LogP contribution is -2.42. The zero-order chi connectivity index (χ0) is 14.5. The van der Waals surface area contributed by atoms with Crippen LogP contribution >= 0.6 is 11.6 Å². The quantitative estimate of drug-likeness (QED) is 0.590. The molecule has 106 valence electrons. The number of carbonyl (C=O) groups excluding carboxylic acids is 2. The summed E-state index contributed by atoms with van der Waals surface area (Å²) in [5.74, 6) is -0.844. The van der Waals surface area contributed by atoms with Crippen LogP contribution in [0.1, 0.15) is 29.6 Å². The minimum Gasteiger partial charge on any atom is -0.507 e. The molecule has 1 aliphatic rings. The van der Waals surface area contributed by atoms with Crippen LogP contribution in [0.5, 0.6) is 5.75 Å². The van der Waals surface area contributed by atoms with Gasteiger partial charge in [0.15, 0.2) is 0 Å². The average Bonchev–Trinajstić information content (AvgIpc) is 2.91. The smallest absolute Gasteiger partial charge is 0.273 e. The highest BCUT2D eigenvalue weighted by Gasteiger charge is 2.16. The summed E-state index contributed by atoms with van der Waals surface area (Å²) in [5.41, 5.74) is 4.60. The van der Waals surface area contributed by atoms with Crippen LogP contribution in [-0.4, -0.2) is 16.9 Å². The van der Waals surface area contributed by atoms with Crippen LogP contribution in [0.4, 0.5) is 0 Å². The monoisotopic (exact) mass is 294 g/mol. The number of halogens is 1. The molecule has 0 heterocycles. The van der Waals surface area contributed by atoms with Crippen LogP contribution in [0.2, 0.25) is 5.02 Å². The highest BCUT2D eigenvalue weighted by atomic mass is 35.5. The fourth-order valence-corrected chi connectivity index (χ4v) is 2.21. The standard InChI is InChI=1S/C14H15ClN2O3/c15-10-5-6-12(18)11(8-10)14(20)17-16-13(19)7-9-3-1-2-4-9/h1,3,5-6,8-9,18H,2,4,7H2,(H,16,19)(H,17,20). The van der Waals surface area contributed by atoms with Gasteiger partial charge in [0, 0.05) is 11.4 Å². The largest absolute Gasteiger partial charge is 0.507 e. The summed E-state index contributed by atoms with van der Waals surface area (Å²) in [6.07, 6.45) is 6.32. The van der Waals surface area contributed by atoms with Crippen LogP contribution in [-0.2, 0) is 4.79 Å². The van der Waals surface area contributed by atoms with Gasteiger partial charge in [-0.25, -0.2) is 0 Å². The molecule has 0 radical (unpaired) electrons. The molecule has 6 heteroatoms. The predicted molar refractivity (Wildman–Crippen MR) is 75.2 cm³/mol. The maximum absolute atomic E-state index is 11.8. The molecule has 0 aliphatic heterocycles. The van der Waals surface area contributed by atoms with Crippen molar-refractivity contribution in [2.75, 3.05) is 0 Å². The molecule has 3 N–H and O–H groups in total. The molecule has 0 spiro atoms. The van der Waals surface area contributed by atoms with Crippen molar-refractivity contribution in [1.82, 2.24) is 10.9 Å². The van der Waals surface area contributed by atoms with E-state index in [4.69, 9.17) is 11.6 Å². The molecule has 1 aromatic carbocycles. The Morgan fingerprint density at radius 2 is 2.15 bits per heavy atom. The van der Waals surface area contributed by atoms with Gasteiger partial charge in [0.25, 0.3) is 5.91 Å². The van der Waals surface area contributed by atoms with Gasteiger partial charge in [0.1, 0.15) is 5.75 Å². The summed E-state index contributed by atoms with van der Waals surface area (Å²) in [7, 11) is 0. The lowest BCUT2D eigenvalue weighted by molar-refractivity contribution is -0.122. The molecule has 1 aromatic rings. The first-order valence-corrected chi connectivity index (χ1v) is 6.68. The number of rotatable bonds is 3. The van der Waals surface area contributed by atoms with E-state index in [1.165, 1.54) is 18.2 Å². The Bertz CT molecular complexity index is 557. The number of amides is 2. The maximum Gasteiger partial charge on any atom is 0.273 e. The number of phenolic OH excluding ortho intramolecular Hbond substituents is 1. The fourth-order valence-electron chi connectivity index (χ4n) is 2.04. The lowest BCUT2D eigenvalue weighted by atomic mass is 10.1. The molecule has 5 nitrogen and oxygen atoms in total. The number of nitrogens with one attached hydrogen (secondary N) is 2. The van der Waals surface area contributed by atoms with E-state index in [2.05, 4.69) is 10.9 Å². The van der Waals surface area contributed by atoms with Gasteiger partial charge in [-0.3, -0.25) is 20.4 Å². The fraction of sp³-hybridized carbons (Fsp3) is 0.286. The molecule has 20 heavy (non-hydrogen) atoms. The number of hydrogen-bond acceptors (Lipinski definition) is 3. The highest BCUT2D eigenvalue weighted by Crippen LogP contribution is 2.21. The molecule has 1 aliphatic carbocycles. The van der Waals surface area contributed by atoms with E-state index >= 15 is 0 Å². The normalized spacial score (nSPS) is 16.9. The number of hydrazine groups is 1. The second-order valence-corrected chi connectivity index (χ2v) is 5.07. The van der Waals surface area contributed by atoms with Crippen LogP contribution in [0.25, 0.3) is 0 Å². The number of aromatic hydroxyl groups is 1. The zero-order valence-electron chi connectivity index (χ0n) is 10.7. The summed E-state index contributed by atoms with van der Waals surface area (Å²) in [6, 6.07) is 4.12. The third-order valence-electron chi connectivity index (χ3n) is 3.08. The van der Waals surface area contributed by atoms with Gasteiger partial charge in [-0.05, 0) is 37.0 Å². The van der Waals surface area contributed by atoms with Crippen molar-refractivity contribution in [2.45, 2.75) is 19.3 Å². The summed E-state index contributed by atoms with van der Waals surface area (Å²) in [5, 5.41) is 9.89. The van der Waals surface area contributed by atoms with Gasteiger partial charge in [-0.2, -0.15) is 0 Å².